The zero-order valence-corrected chi connectivity index (χ0v) is 19.2. The maximum Gasteiger partial charge on any atom is 0.269 e. The second-order valence-electron chi connectivity index (χ2n) is 7.95. The average Bonchev–Trinajstić information content (AvgIpc) is 3.19. The molecule has 1 heterocycles. The van der Waals surface area contributed by atoms with E-state index in [9.17, 15) is 12.8 Å². The summed E-state index contributed by atoms with van der Waals surface area (Å²) < 4.78 is 42.6. The summed E-state index contributed by atoms with van der Waals surface area (Å²) in [4.78, 5) is 0.184. The normalized spacial score (nSPS) is 11.2. The van der Waals surface area contributed by atoms with Crippen molar-refractivity contribution in [3.8, 4) is 23.0 Å². The monoisotopic (exact) mass is 465 g/mol. The molecule has 0 aliphatic rings. The summed E-state index contributed by atoms with van der Waals surface area (Å²) in [6.45, 7) is 1.91. The van der Waals surface area contributed by atoms with E-state index in [1.165, 1.54) is 16.1 Å². The van der Waals surface area contributed by atoms with Gasteiger partial charge in [-0.15, -0.1) is 0 Å². The third kappa shape index (κ3) is 3.89. The second-order valence-corrected chi connectivity index (χ2v) is 9.73. The topological polar surface area (TPSA) is 39.1 Å². The van der Waals surface area contributed by atoms with E-state index in [0.29, 0.717) is 16.8 Å². The number of benzene rings is 4. The largest absolute Gasteiger partial charge is 0.269 e. The molecule has 5 heteroatoms. The first-order chi connectivity index (χ1) is 16.4. The summed E-state index contributed by atoms with van der Waals surface area (Å²) >= 11 is 0. The minimum Gasteiger partial charge on any atom is -0.225 e. The standard InChI is InChI=1S/C29H20FNO2S/c1-21-11-18-25(19-12-21)34(32,33)31-27-10-6-5-9-26(27)29(23-7-3-2-4-8-23)28(31)20-15-22-13-16-24(30)17-14-22/h2-14,16-19H,1H3. The fourth-order valence-corrected chi connectivity index (χ4v) is 5.44. The molecule has 0 aliphatic heterocycles. The van der Waals surface area contributed by atoms with E-state index in [1.54, 1.807) is 42.5 Å². The van der Waals surface area contributed by atoms with Gasteiger partial charge in [-0.1, -0.05) is 72.1 Å². The van der Waals surface area contributed by atoms with E-state index >= 15 is 0 Å². The van der Waals surface area contributed by atoms with Crippen LogP contribution in [-0.2, 0) is 10.0 Å². The van der Waals surface area contributed by atoms with Crippen molar-refractivity contribution in [3.63, 3.8) is 0 Å². The van der Waals surface area contributed by atoms with Crippen LogP contribution in [0.25, 0.3) is 22.0 Å². The quantitative estimate of drug-likeness (QED) is 0.290. The van der Waals surface area contributed by atoms with E-state index in [4.69, 9.17) is 0 Å². The lowest BCUT2D eigenvalue weighted by molar-refractivity contribution is 0.588. The van der Waals surface area contributed by atoms with E-state index in [2.05, 4.69) is 11.8 Å². The molecule has 3 nitrogen and oxygen atoms in total. The molecule has 0 saturated heterocycles. The van der Waals surface area contributed by atoms with Crippen molar-refractivity contribution >= 4 is 20.9 Å². The van der Waals surface area contributed by atoms with Crippen molar-refractivity contribution < 1.29 is 12.8 Å². The molecule has 0 fully saturated rings. The van der Waals surface area contributed by atoms with Crippen LogP contribution >= 0.6 is 0 Å². The van der Waals surface area contributed by atoms with Gasteiger partial charge in [-0.3, -0.25) is 0 Å². The molecule has 5 aromatic rings. The number of hydrogen-bond acceptors (Lipinski definition) is 2. The predicted molar refractivity (Wildman–Crippen MR) is 134 cm³/mol. The Kier molecular flexibility index (Phi) is 5.53. The summed E-state index contributed by atoms with van der Waals surface area (Å²) in [5.41, 5.74) is 4.06. The fourth-order valence-electron chi connectivity index (χ4n) is 3.95. The highest BCUT2D eigenvalue weighted by Gasteiger charge is 2.26. The minimum atomic E-state index is -3.96. The summed E-state index contributed by atoms with van der Waals surface area (Å²) in [6, 6.07) is 29.6. The van der Waals surface area contributed by atoms with Crippen LogP contribution in [0.5, 0.6) is 0 Å². The highest BCUT2D eigenvalue weighted by molar-refractivity contribution is 7.90. The maximum atomic E-state index is 13.9. The van der Waals surface area contributed by atoms with Crippen molar-refractivity contribution in [2.45, 2.75) is 11.8 Å². The van der Waals surface area contributed by atoms with Crippen LogP contribution in [0.3, 0.4) is 0 Å². The molecule has 166 valence electrons. The SMILES string of the molecule is Cc1ccc(S(=O)(=O)n2c(C#Cc3ccc(F)cc3)c(-c3ccccc3)c3ccccc32)cc1. The minimum absolute atomic E-state index is 0.184. The zero-order valence-electron chi connectivity index (χ0n) is 18.4. The summed E-state index contributed by atoms with van der Waals surface area (Å²) in [7, 11) is -3.96. The molecule has 0 unspecified atom stereocenters. The lowest BCUT2D eigenvalue weighted by atomic mass is 10.0. The lowest BCUT2D eigenvalue weighted by Crippen LogP contribution is -2.15. The lowest BCUT2D eigenvalue weighted by Gasteiger charge is -2.10. The van der Waals surface area contributed by atoms with E-state index < -0.39 is 10.0 Å². The smallest absolute Gasteiger partial charge is 0.225 e. The fraction of sp³-hybridized carbons (Fsp3) is 0.0345. The number of hydrogen-bond donors (Lipinski definition) is 0. The maximum absolute atomic E-state index is 13.9. The van der Waals surface area contributed by atoms with Gasteiger partial charge in [0.25, 0.3) is 10.0 Å². The number of aryl methyl sites for hydroxylation is 1. The Hall–Kier alpha value is -4.14. The third-order valence-electron chi connectivity index (χ3n) is 5.62. The van der Waals surface area contributed by atoms with Gasteiger partial charge in [0.15, 0.2) is 0 Å². The van der Waals surface area contributed by atoms with Gasteiger partial charge in [0.2, 0.25) is 0 Å². The van der Waals surface area contributed by atoms with Gasteiger partial charge in [-0.05, 0) is 60.9 Å². The van der Waals surface area contributed by atoms with Crippen LogP contribution in [0.1, 0.15) is 16.8 Å². The van der Waals surface area contributed by atoms with Crippen molar-refractivity contribution in [3.05, 3.63) is 126 Å². The van der Waals surface area contributed by atoms with Crippen LogP contribution in [-0.4, -0.2) is 12.4 Å². The van der Waals surface area contributed by atoms with Crippen LogP contribution < -0.4 is 0 Å². The van der Waals surface area contributed by atoms with Gasteiger partial charge in [-0.25, -0.2) is 16.8 Å². The predicted octanol–water partition coefficient (Wildman–Crippen LogP) is 6.39. The molecule has 0 amide bonds. The van der Waals surface area contributed by atoms with Crippen molar-refractivity contribution in [2.24, 2.45) is 0 Å². The Morgan fingerprint density at radius 1 is 0.735 bits per heavy atom. The molecule has 0 radical (unpaired) electrons. The highest BCUT2D eigenvalue weighted by Crippen LogP contribution is 2.37. The van der Waals surface area contributed by atoms with E-state index in [0.717, 1.165) is 22.1 Å². The van der Waals surface area contributed by atoms with Crippen molar-refractivity contribution in [1.82, 2.24) is 3.97 Å². The number of rotatable bonds is 3. The molecule has 0 aliphatic carbocycles. The van der Waals surface area contributed by atoms with E-state index in [-0.39, 0.29) is 10.7 Å². The zero-order chi connectivity index (χ0) is 23.7. The summed E-state index contributed by atoms with van der Waals surface area (Å²) in [5, 5.41) is 0.785. The Morgan fingerprint density at radius 3 is 2.09 bits per heavy atom. The molecule has 4 aromatic carbocycles. The Morgan fingerprint density at radius 2 is 1.38 bits per heavy atom. The Bertz CT molecular complexity index is 1660. The molecule has 0 N–H and O–H groups in total. The highest BCUT2D eigenvalue weighted by atomic mass is 32.2. The van der Waals surface area contributed by atoms with Crippen molar-refractivity contribution in [1.29, 1.82) is 0 Å². The Labute approximate surface area is 198 Å². The average molecular weight is 466 g/mol. The summed E-state index contributed by atoms with van der Waals surface area (Å²) in [5.74, 6) is 5.78. The van der Waals surface area contributed by atoms with Crippen LogP contribution in [0.2, 0.25) is 0 Å². The molecule has 0 spiro atoms. The third-order valence-corrected chi connectivity index (χ3v) is 7.35. The molecule has 34 heavy (non-hydrogen) atoms. The van der Waals surface area contributed by atoms with Gasteiger partial charge in [0.05, 0.1) is 10.4 Å². The van der Waals surface area contributed by atoms with Crippen LogP contribution in [0.15, 0.2) is 108 Å². The molecular formula is C29H20FNO2S. The molecule has 0 atom stereocenters. The summed E-state index contributed by atoms with van der Waals surface area (Å²) in [6.07, 6.45) is 0. The van der Waals surface area contributed by atoms with Crippen LogP contribution in [0, 0.1) is 24.6 Å². The number of para-hydroxylation sites is 1. The molecule has 1 aromatic heterocycles. The van der Waals surface area contributed by atoms with Crippen molar-refractivity contribution in [2.75, 3.05) is 0 Å². The number of aromatic nitrogens is 1. The van der Waals surface area contributed by atoms with Crippen LogP contribution in [0.4, 0.5) is 4.39 Å². The Balaban J connectivity index is 1.86. The number of fused-ring (bicyclic) bond motifs is 1. The molecule has 0 saturated carbocycles. The first-order valence-corrected chi connectivity index (χ1v) is 12.2. The van der Waals surface area contributed by atoms with Gasteiger partial charge in [-0.2, -0.15) is 0 Å². The molecule has 0 bridgehead atoms. The van der Waals surface area contributed by atoms with Gasteiger partial charge >= 0.3 is 0 Å². The number of nitrogens with zero attached hydrogens (tertiary/aromatic N) is 1. The van der Waals surface area contributed by atoms with Gasteiger partial charge < -0.3 is 0 Å². The first-order valence-electron chi connectivity index (χ1n) is 10.7. The van der Waals surface area contributed by atoms with Gasteiger partial charge in [0.1, 0.15) is 11.5 Å². The van der Waals surface area contributed by atoms with Gasteiger partial charge in [0, 0.05) is 16.5 Å². The number of halogens is 1. The molecular weight excluding hydrogens is 445 g/mol. The first kappa shape index (κ1) is 21.7. The second kappa shape index (κ2) is 8.66. The van der Waals surface area contributed by atoms with E-state index in [1.807, 2.05) is 55.5 Å². The molecule has 5 rings (SSSR count).